The Kier molecular flexibility index (Phi) is 5.06. The number of halogens is 3. The molecule has 1 amide bonds. The number of alkyl halides is 3. The number of hydrogen-bond donors (Lipinski definition) is 0. The van der Waals surface area contributed by atoms with Crippen LogP contribution in [0, 0.1) is 0 Å². The van der Waals surface area contributed by atoms with E-state index in [2.05, 4.69) is 4.90 Å². The first-order chi connectivity index (χ1) is 11.8. The molecule has 2 aliphatic rings. The van der Waals surface area contributed by atoms with Gasteiger partial charge in [0.05, 0.1) is 12.2 Å². The predicted molar refractivity (Wildman–Crippen MR) is 86.9 cm³/mol. The Hall–Kier alpha value is -1.60. The minimum atomic E-state index is -4.32. The van der Waals surface area contributed by atoms with Crippen LogP contribution < -0.4 is 0 Å². The second-order valence-electron chi connectivity index (χ2n) is 6.93. The Balaban J connectivity index is 1.70. The largest absolute Gasteiger partial charge is 0.416 e. The van der Waals surface area contributed by atoms with Gasteiger partial charge in [0.1, 0.15) is 0 Å². The lowest BCUT2D eigenvalue weighted by molar-refractivity contribution is -0.169. The van der Waals surface area contributed by atoms with Gasteiger partial charge in [-0.25, -0.2) is 0 Å². The molecule has 2 aliphatic heterocycles. The van der Waals surface area contributed by atoms with E-state index in [4.69, 9.17) is 4.74 Å². The van der Waals surface area contributed by atoms with Gasteiger partial charge in [0.2, 0.25) is 0 Å². The highest BCUT2D eigenvalue weighted by Gasteiger charge is 2.45. The normalized spacial score (nSPS) is 26.1. The number of carbonyl (C=O) groups excluding carboxylic acids is 1. The van der Waals surface area contributed by atoms with E-state index >= 15 is 0 Å². The third kappa shape index (κ3) is 3.98. The third-order valence-electron chi connectivity index (χ3n) is 5.01. The van der Waals surface area contributed by atoms with Crippen molar-refractivity contribution in [1.29, 1.82) is 0 Å². The fourth-order valence-corrected chi connectivity index (χ4v) is 3.64. The zero-order valence-electron chi connectivity index (χ0n) is 14.3. The van der Waals surface area contributed by atoms with Gasteiger partial charge in [-0.2, -0.15) is 13.2 Å². The van der Waals surface area contributed by atoms with E-state index < -0.39 is 17.3 Å². The molecule has 1 aromatic rings. The average molecular weight is 356 g/mol. The summed E-state index contributed by atoms with van der Waals surface area (Å²) in [5.41, 5.74) is -0.648. The summed E-state index contributed by atoms with van der Waals surface area (Å²) < 4.78 is 43.9. The smallest absolute Gasteiger partial charge is 0.362 e. The fraction of sp³-hybridized carbons (Fsp3) is 0.611. The Bertz CT molecular complexity index is 618. The summed E-state index contributed by atoms with van der Waals surface area (Å²) in [5, 5.41) is 0. The SMILES string of the molecule is CN1CCCCC2(CN(Cc3ccc(C(F)(F)F)cc3)CCO2)C1=O. The molecule has 1 spiro atoms. The molecule has 25 heavy (non-hydrogen) atoms. The molecular weight excluding hydrogens is 333 g/mol. The maximum absolute atomic E-state index is 12.7. The lowest BCUT2D eigenvalue weighted by atomic mass is 9.94. The zero-order chi connectivity index (χ0) is 18.1. The number of nitrogens with zero attached hydrogens (tertiary/aromatic N) is 2. The first-order valence-corrected chi connectivity index (χ1v) is 8.58. The van der Waals surface area contributed by atoms with Crippen LogP contribution in [0.4, 0.5) is 13.2 Å². The summed E-state index contributed by atoms with van der Waals surface area (Å²) in [6.07, 6.45) is -1.73. The van der Waals surface area contributed by atoms with Crippen molar-refractivity contribution in [3.8, 4) is 0 Å². The monoisotopic (exact) mass is 356 g/mol. The predicted octanol–water partition coefficient (Wildman–Crippen LogP) is 2.92. The molecule has 4 nitrogen and oxygen atoms in total. The second kappa shape index (κ2) is 6.96. The molecule has 1 unspecified atom stereocenters. The van der Waals surface area contributed by atoms with Crippen LogP contribution in [0.1, 0.15) is 30.4 Å². The number of carbonyl (C=O) groups is 1. The van der Waals surface area contributed by atoms with Crippen LogP contribution >= 0.6 is 0 Å². The van der Waals surface area contributed by atoms with Crippen molar-refractivity contribution in [3.63, 3.8) is 0 Å². The molecule has 0 bridgehead atoms. The summed E-state index contributed by atoms with van der Waals surface area (Å²) in [4.78, 5) is 16.6. The molecule has 1 aromatic carbocycles. The summed E-state index contributed by atoms with van der Waals surface area (Å²) in [6, 6.07) is 5.23. The Morgan fingerprint density at radius 2 is 1.88 bits per heavy atom. The Morgan fingerprint density at radius 3 is 2.56 bits per heavy atom. The van der Waals surface area contributed by atoms with E-state index in [0.29, 0.717) is 32.7 Å². The molecule has 2 fully saturated rings. The molecule has 2 heterocycles. The fourth-order valence-electron chi connectivity index (χ4n) is 3.64. The zero-order valence-corrected chi connectivity index (χ0v) is 14.3. The number of morpholine rings is 1. The van der Waals surface area contributed by atoms with E-state index in [-0.39, 0.29) is 5.91 Å². The van der Waals surface area contributed by atoms with Crippen LogP contribution in [-0.4, -0.2) is 54.6 Å². The molecule has 0 aromatic heterocycles. The number of benzene rings is 1. The highest BCUT2D eigenvalue weighted by atomic mass is 19.4. The summed E-state index contributed by atoms with van der Waals surface area (Å²) in [7, 11) is 1.80. The number of likely N-dealkylation sites (tertiary alicyclic amines) is 1. The van der Waals surface area contributed by atoms with Gasteiger partial charge in [0, 0.05) is 33.2 Å². The molecule has 0 aliphatic carbocycles. The summed E-state index contributed by atoms with van der Waals surface area (Å²) >= 11 is 0. The molecular formula is C18H23F3N2O2. The highest BCUT2D eigenvalue weighted by Crippen LogP contribution is 2.31. The molecule has 0 saturated carbocycles. The van der Waals surface area contributed by atoms with Gasteiger partial charge in [-0.05, 0) is 37.0 Å². The van der Waals surface area contributed by atoms with Gasteiger partial charge in [-0.3, -0.25) is 9.69 Å². The maximum atomic E-state index is 12.7. The molecule has 7 heteroatoms. The van der Waals surface area contributed by atoms with Crippen molar-refractivity contribution >= 4 is 5.91 Å². The lowest BCUT2D eigenvalue weighted by Crippen LogP contribution is -2.59. The van der Waals surface area contributed by atoms with Gasteiger partial charge in [-0.15, -0.1) is 0 Å². The van der Waals surface area contributed by atoms with Crippen LogP contribution in [0.25, 0.3) is 0 Å². The van der Waals surface area contributed by atoms with Gasteiger partial charge < -0.3 is 9.64 Å². The van der Waals surface area contributed by atoms with E-state index in [1.165, 1.54) is 12.1 Å². The van der Waals surface area contributed by atoms with Crippen LogP contribution in [0.2, 0.25) is 0 Å². The lowest BCUT2D eigenvalue weighted by Gasteiger charge is -2.42. The molecule has 138 valence electrons. The van der Waals surface area contributed by atoms with Crippen molar-refractivity contribution < 1.29 is 22.7 Å². The van der Waals surface area contributed by atoms with Crippen LogP contribution in [0.3, 0.4) is 0 Å². The van der Waals surface area contributed by atoms with E-state index in [1.54, 1.807) is 11.9 Å². The van der Waals surface area contributed by atoms with Crippen molar-refractivity contribution in [3.05, 3.63) is 35.4 Å². The maximum Gasteiger partial charge on any atom is 0.416 e. The van der Waals surface area contributed by atoms with Crippen molar-refractivity contribution in [1.82, 2.24) is 9.80 Å². The van der Waals surface area contributed by atoms with E-state index in [0.717, 1.165) is 37.1 Å². The van der Waals surface area contributed by atoms with Crippen LogP contribution in [0.15, 0.2) is 24.3 Å². The molecule has 1 atom stereocenters. The number of hydrogen-bond acceptors (Lipinski definition) is 3. The van der Waals surface area contributed by atoms with Gasteiger partial charge >= 0.3 is 6.18 Å². The first kappa shape index (κ1) is 18.2. The molecule has 3 rings (SSSR count). The summed E-state index contributed by atoms with van der Waals surface area (Å²) in [6.45, 7) is 2.86. The number of ether oxygens (including phenoxy) is 1. The molecule has 0 N–H and O–H groups in total. The minimum absolute atomic E-state index is 0.0159. The minimum Gasteiger partial charge on any atom is -0.362 e. The summed E-state index contributed by atoms with van der Waals surface area (Å²) in [5.74, 6) is 0.0159. The van der Waals surface area contributed by atoms with Gasteiger partial charge in [0.25, 0.3) is 5.91 Å². The highest BCUT2D eigenvalue weighted by molar-refractivity contribution is 5.85. The number of amides is 1. The molecule has 0 radical (unpaired) electrons. The average Bonchev–Trinajstić information content (AvgIpc) is 2.69. The number of likely N-dealkylation sites (N-methyl/N-ethyl adjacent to an activating group) is 1. The van der Waals surface area contributed by atoms with Crippen molar-refractivity contribution in [2.24, 2.45) is 0 Å². The topological polar surface area (TPSA) is 32.8 Å². The van der Waals surface area contributed by atoms with E-state index in [9.17, 15) is 18.0 Å². The van der Waals surface area contributed by atoms with Crippen molar-refractivity contribution in [2.45, 2.75) is 37.6 Å². The van der Waals surface area contributed by atoms with Crippen molar-refractivity contribution in [2.75, 3.05) is 33.3 Å². The standard InChI is InChI=1S/C18H23F3N2O2/c1-22-9-3-2-8-17(16(22)24)13-23(10-11-25-17)12-14-4-6-15(7-5-14)18(19,20)21/h4-7H,2-3,8-13H2,1H3. The first-order valence-electron chi connectivity index (χ1n) is 8.58. The quantitative estimate of drug-likeness (QED) is 0.817. The molecule has 2 saturated heterocycles. The Labute approximate surface area is 145 Å². The third-order valence-corrected chi connectivity index (χ3v) is 5.01. The van der Waals surface area contributed by atoms with Crippen LogP contribution in [0.5, 0.6) is 0 Å². The van der Waals surface area contributed by atoms with Gasteiger partial charge in [-0.1, -0.05) is 12.1 Å². The number of rotatable bonds is 2. The Morgan fingerprint density at radius 1 is 1.16 bits per heavy atom. The van der Waals surface area contributed by atoms with E-state index in [1.807, 2.05) is 0 Å². The van der Waals surface area contributed by atoms with Gasteiger partial charge in [0.15, 0.2) is 5.60 Å². The van der Waals surface area contributed by atoms with Crippen LogP contribution in [-0.2, 0) is 22.3 Å². The second-order valence-corrected chi connectivity index (χ2v) is 6.93.